The lowest BCUT2D eigenvalue weighted by molar-refractivity contribution is 0.00535. The van der Waals surface area contributed by atoms with E-state index in [0.29, 0.717) is 36.3 Å². The second-order valence-electron chi connectivity index (χ2n) is 45.5. The maximum absolute atomic E-state index is 3.71. The second kappa shape index (κ2) is 65.0. The average molecular weight is 1740 g/mol. The molecule has 0 radical (unpaired) electrons. The molecule has 18 heteroatoms. The molecular formula is C105H222N18. The molecule has 0 bridgehead atoms. The van der Waals surface area contributed by atoms with Gasteiger partial charge in [0.2, 0.25) is 0 Å². The molecule has 8 aliphatic heterocycles. The first-order valence-electron chi connectivity index (χ1n) is 53.4. The number of hydrogen-bond acceptors (Lipinski definition) is 18. The molecule has 5 saturated carbocycles. The summed E-state index contributed by atoms with van der Waals surface area (Å²) in [6.45, 7) is 74.5. The fraction of sp³-hybridized carbons (Fsp3) is 1.00. The molecule has 8 saturated heterocycles. The van der Waals surface area contributed by atoms with E-state index in [2.05, 4.69) is 292 Å². The van der Waals surface area contributed by atoms with Gasteiger partial charge in [0.25, 0.3) is 0 Å². The van der Waals surface area contributed by atoms with E-state index in [9.17, 15) is 0 Å². The molecule has 8 heterocycles. The number of hydrogen-bond donors (Lipinski definition) is 5. The molecule has 3 unspecified atom stereocenters. The van der Waals surface area contributed by atoms with Crippen LogP contribution in [-0.4, -0.2) is 379 Å². The van der Waals surface area contributed by atoms with Crippen LogP contribution < -0.4 is 26.6 Å². The summed E-state index contributed by atoms with van der Waals surface area (Å²) in [7, 11) is 19.4. The Hall–Kier alpha value is -0.720. The van der Waals surface area contributed by atoms with Crippen LogP contribution in [0.5, 0.6) is 0 Å². The molecule has 5 atom stereocenters. The highest BCUT2D eigenvalue weighted by Crippen LogP contribution is 2.33. The molecule has 13 rings (SSSR count). The highest BCUT2D eigenvalue weighted by Gasteiger charge is 2.36. The van der Waals surface area contributed by atoms with Crippen LogP contribution >= 0.6 is 0 Å². The number of nitrogens with zero attached hydrogens (tertiary/aromatic N) is 13. The summed E-state index contributed by atoms with van der Waals surface area (Å²) >= 11 is 0. The standard InChI is InChI=1S/C14H28N2.2C13H26N2.C13H28N2.C12H25N.C11H22N2.C8H18N2.C8H20N2.C7H16N2.C6H13N/c1-12(2)15-13-7-6-10-16(11-13)14-8-4-3-5-9-14;1-12(2)14-8-10-15(11-9-14)13-6-4-3-5-7-13;1-11(2)14-12-8-9-15(10-12)13-6-4-3-5-7-13;1-12(2)11-13-5-7-15(8-6-13)10-9-14(3)4;1-10(2)9-11-7-5-6-8-12(11)13(3)4;1-10(2)13-8-11(9-13)12-6-4-3-5-7-12;1-7(2)10(4)8-5-9(3)6-8;1-7(2)9-8(3)6-10(4)5;1-6(2)9-4-7(5-9)8-3;1-5(2)7-6-3-4-6/h12-15H,3-11H2,1-2H3;12-13H,3-11H2,1-2H3;11-14H,3-10H2,1-2H3;12-13H,5-11H2,1-4H3;10-12H,5-9H2,1-4H3;10-11H,3-9H2,1-2H3;7-8H,5-6H2,1-4H3;7-9H,6H2,1-5H3;6-8H,4-5H2,1-3H3;5-7H,3-4H2,1-2H3/t;;;;11-,12+;;;;;/m....0...../s1. The van der Waals surface area contributed by atoms with Crippen molar-refractivity contribution in [2.75, 3.05) is 201 Å². The minimum atomic E-state index is 0.593. The van der Waals surface area contributed by atoms with Gasteiger partial charge in [-0.3, -0.25) is 39.2 Å². The van der Waals surface area contributed by atoms with Gasteiger partial charge in [0.1, 0.15) is 0 Å². The van der Waals surface area contributed by atoms with Gasteiger partial charge in [-0.2, -0.15) is 0 Å². The Morgan fingerprint density at radius 2 is 0.764 bits per heavy atom. The molecule has 0 spiro atoms. The van der Waals surface area contributed by atoms with Crippen molar-refractivity contribution in [3.05, 3.63) is 0 Å². The van der Waals surface area contributed by atoms with E-state index in [1.54, 1.807) is 0 Å². The number of likely N-dealkylation sites (tertiary alicyclic amines) is 7. The molecule has 0 aromatic heterocycles. The van der Waals surface area contributed by atoms with Gasteiger partial charge in [0, 0.05) is 220 Å². The maximum atomic E-state index is 3.71. The van der Waals surface area contributed by atoms with Crippen LogP contribution in [0.3, 0.4) is 0 Å². The maximum Gasteiger partial charge on any atom is 0.0350 e. The van der Waals surface area contributed by atoms with Gasteiger partial charge in [-0.05, 0) is 304 Å². The van der Waals surface area contributed by atoms with Gasteiger partial charge in [-0.25, -0.2) is 0 Å². The smallest absolute Gasteiger partial charge is 0.0350 e. The minimum Gasteiger partial charge on any atom is -0.315 e. The zero-order chi connectivity index (χ0) is 91.1. The van der Waals surface area contributed by atoms with Gasteiger partial charge >= 0.3 is 0 Å². The predicted molar refractivity (Wildman–Crippen MR) is 543 cm³/mol. The Bertz CT molecular complexity index is 2390. The first-order chi connectivity index (χ1) is 58.4. The Labute approximate surface area is 769 Å². The van der Waals surface area contributed by atoms with Crippen LogP contribution in [0.15, 0.2) is 0 Å². The first-order valence-corrected chi connectivity index (χ1v) is 53.4. The molecule has 0 amide bonds. The largest absolute Gasteiger partial charge is 0.315 e. The normalized spacial score (nSPS) is 25.4. The summed E-state index contributed by atoms with van der Waals surface area (Å²) in [5.74, 6) is 3.71. The van der Waals surface area contributed by atoms with E-state index in [1.165, 1.54) is 330 Å². The quantitative estimate of drug-likeness (QED) is 0.0513. The molecule has 18 nitrogen and oxygen atoms in total. The van der Waals surface area contributed by atoms with Gasteiger partial charge in [-0.1, -0.05) is 160 Å². The molecule has 732 valence electrons. The second-order valence-corrected chi connectivity index (χ2v) is 45.5. The van der Waals surface area contributed by atoms with Crippen molar-refractivity contribution in [2.24, 2.45) is 23.7 Å². The van der Waals surface area contributed by atoms with Crippen molar-refractivity contribution in [1.29, 1.82) is 0 Å². The van der Waals surface area contributed by atoms with Crippen LogP contribution in [0, 0.1) is 23.7 Å². The van der Waals surface area contributed by atoms with Crippen molar-refractivity contribution in [3.63, 3.8) is 0 Å². The van der Waals surface area contributed by atoms with Crippen LogP contribution in [0.25, 0.3) is 0 Å². The average Bonchev–Trinajstić information content (AvgIpc) is 1.10. The van der Waals surface area contributed by atoms with Crippen molar-refractivity contribution in [3.8, 4) is 0 Å². The van der Waals surface area contributed by atoms with Crippen molar-refractivity contribution < 1.29 is 0 Å². The number of rotatable bonds is 28. The zero-order valence-corrected chi connectivity index (χ0v) is 88.4. The molecular weight excluding hydrogens is 1510 g/mol. The lowest BCUT2D eigenvalue weighted by atomic mass is 9.79. The molecule has 123 heavy (non-hydrogen) atoms. The Morgan fingerprint density at radius 1 is 0.333 bits per heavy atom. The lowest BCUT2D eigenvalue weighted by Gasteiger charge is -2.48. The predicted octanol–water partition coefficient (Wildman–Crippen LogP) is 17.6. The first kappa shape index (κ1) is 115. The van der Waals surface area contributed by atoms with Crippen LogP contribution in [-0.2, 0) is 0 Å². The fourth-order valence-electron chi connectivity index (χ4n) is 21.6. The summed E-state index contributed by atoms with van der Waals surface area (Å²) < 4.78 is 0. The molecule has 13 aliphatic rings. The molecule has 0 aromatic carbocycles. The Balaban J connectivity index is 0.000000289. The third-order valence-electron chi connectivity index (χ3n) is 29.3. The van der Waals surface area contributed by atoms with E-state index in [4.69, 9.17) is 0 Å². The van der Waals surface area contributed by atoms with Gasteiger partial charge in [0.15, 0.2) is 0 Å². The van der Waals surface area contributed by atoms with E-state index >= 15 is 0 Å². The van der Waals surface area contributed by atoms with E-state index in [-0.39, 0.29) is 0 Å². The highest BCUT2D eigenvalue weighted by molar-refractivity contribution is 4.93. The fourth-order valence-corrected chi connectivity index (χ4v) is 21.6. The lowest BCUT2D eigenvalue weighted by Crippen LogP contribution is -2.61. The van der Waals surface area contributed by atoms with E-state index < -0.39 is 0 Å². The van der Waals surface area contributed by atoms with Crippen molar-refractivity contribution in [2.45, 2.75) is 459 Å². The highest BCUT2D eigenvalue weighted by atomic mass is 15.3. The van der Waals surface area contributed by atoms with Crippen molar-refractivity contribution in [1.82, 2.24) is 90.3 Å². The van der Waals surface area contributed by atoms with Crippen LogP contribution in [0.1, 0.15) is 344 Å². The van der Waals surface area contributed by atoms with Gasteiger partial charge < -0.3 is 51.1 Å². The summed E-state index contributed by atoms with van der Waals surface area (Å²) in [6, 6.07) is 14.5. The van der Waals surface area contributed by atoms with Crippen molar-refractivity contribution >= 4 is 0 Å². The van der Waals surface area contributed by atoms with E-state index in [1.807, 2.05) is 7.05 Å². The van der Waals surface area contributed by atoms with Gasteiger partial charge in [-0.15, -0.1) is 0 Å². The van der Waals surface area contributed by atoms with Gasteiger partial charge in [0.05, 0.1) is 0 Å². The monoisotopic (exact) mass is 1740 g/mol. The Kier molecular flexibility index (Phi) is 60.6. The number of nitrogens with one attached hydrogen (secondary N) is 5. The number of piperazine rings is 1. The summed E-state index contributed by atoms with van der Waals surface area (Å²) in [6.07, 6.45) is 44.6. The molecule has 5 aliphatic carbocycles. The summed E-state index contributed by atoms with van der Waals surface area (Å²) in [5.41, 5.74) is 0. The SMILES string of the molecule is CC(C)CC1CCN(CCN(C)C)CC1.CC(C)C[C@@H]1CCCC[C@H]1N(C)C.CC(C)N(C)C1CN(C)C1.CC(C)N1CC(N2CCCCC2)C1.CC(C)N1CCN(C2CCCCC2)CC1.CC(C)NC(C)CN(C)C.CC(C)NC1CC1.CC(C)NC1CCCN(C2CCCCC2)C1.CC(C)NC1CCN(C2CCCCC2)C1.CNC1CN(C(C)C)C1. The third-order valence-corrected chi connectivity index (χ3v) is 29.3. The molecule has 5 N–H and O–H groups in total. The third kappa shape index (κ3) is 51.4. The summed E-state index contributed by atoms with van der Waals surface area (Å²) in [4.78, 5) is 32.9. The Morgan fingerprint density at radius 3 is 1.18 bits per heavy atom. The van der Waals surface area contributed by atoms with E-state index in [0.717, 1.165) is 109 Å². The molecule has 13 fully saturated rings. The van der Waals surface area contributed by atoms with Crippen LogP contribution in [0.4, 0.5) is 0 Å². The summed E-state index contributed by atoms with van der Waals surface area (Å²) in [5, 5.41) is 17.5. The topological polar surface area (TPSA) is 102 Å². The zero-order valence-electron chi connectivity index (χ0n) is 88.4. The molecule has 0 aromatic rings. The minimum absolute atomic E-state index is 0.593. The number of piperidine rings is 3. The number of likely N-dealkylation sites (N-methyl/N-ethyl adjacent to an activating group) is 5. The van der Waals surface area contributed by atoms with Crippen LogP contribution in [0.2, 0.25) is 0 Å².